The molecule has 6 nitrogen and oxygen atoms in total. The average Bonchev–Trinajstić information content (AvgIpc) is 2.88. The number of carbonyl (C=O) groups is 3. The van der Waals surface area contributed by atoms with Crippen molar-refractivity contribution in [2.75, 3.05) is 0 Å². The molecule has 0 radical (unpaired) electrons. The molecule has 1 aliphatic rings. The summed E-state index contributed by atoms with van der Waals surface area (Å²) in [6.45, 7) is 10.0. The smallest absolute Gasteiger partial charge is 0.471 e. The number of hydrogen-bond donors (Lipinski definition) is 3. The van der Waals surface area contributed by atoms with Gasteiger partial charge >= 0.3 is 18.1 Å². The molecule has 0 spiro atoms. The summed E-state index contributed by atoms with van der Waals surface area (Å²) in [5, 5.41) is 13.4. The Kier molecular flexibility index (Phi) is 5.52. The number of halogens is 3. The standard InChI is InChI=1S/C16H25F3N2O4/c1-7-8(15(7,5)6)9(12(23)24)20-11(22)10(14(2,3)4)21-13(25)16(17,18)19/h7-10H,1-6H3,(H,20,22)(H,21,25)(H,23,24)/t7-,8-,9-,10+/m0/s1. The van der Waals surface area contributed by atoms with Gasteiger partial charge in [0.1, 0.15) is 12.1 Å². The van der Waals surface area contributed by atoms with Crippen LogP contribution in [0.3, 0.4) is 0 Å². The highest BCUT2D eigenvalue weighted by molar-refractivity contribution is 5.92. The molecule has 0 aromatic carbocycles. The van der Waals surface area contributed by atoms with E-state index in [0.717, 1.165) is 0 Å². The van der Waals surface area contributed by atoms with Gasteiger partial charge in [-0.1, -0.05) is 41.5 Å². The minimum atomic E-state index is -5.14. The molecule has 0 heterocycles. The lowest BCUT2D eigenvalue weighted by molar-refractivity contribution is -0.175. The summed E-state index contributed by atoms with van der Waals surface area (Å²) in [7, 11) is 0. The van der Waals surface area contributed by atoms with Gasteiger partial charge in [-0.3, -0.25) is 9.59 Å². The van der Waals surface area contributed by atoms with Gasteiger partial charge < -0.3 is 15.7 Å². The Bertz CT molecular complexity index is 567. The first-order chi connectivity index (χ1) is 11.0. The Balaban J connectivity index is 2.98. The van der Waals surface area contributed by atoms with Crippen LogP contribution in [0.5, 0.6) is 0 Å². The molecule has 1 saturated carbocycles. The SMILES string of the molecule is C[C@H]1[C@@H]([C@H](NC(=O)[C@@H](NC(=O)C(F)(F)F)C(C)(C)C)C(=O)O)C1(C)C. The molecular weight excluding hydrogens is 341 g/mol. The molecule has 0 aliphatic heterocycles. The molecule has 1 aliphatic carbocycles. The number of rotatable bonds is 5. The predicted octanol–water partition coefficient (Wildman–Crippen LogP) is 1.94. The number of carbonyl (C=O) groups excluding carboxylic acids is 2. The summed E-state index contributed by atoms with van der Waals surface area (Å²) in [6, 6.07) is -2.76. The van der Waals surface area contributed by atoms with Crippen LogP contribution >= 0.6 is 0 Å². The lowest BCUT2D eigenvalue weighted by Crippen LogP contribution is -2.59. The maximum absolute atomic E-state index is 12.5. The molecule has 144 valence electrons. The van der Waals surface area contributed by atoms with Gasteiger partial charge in [0.15, 0.2) is 0 Å². The summed E-state index contributed by atoms with van der Waals surface area (Å²) in [4.78, 5) is 35.2. The van der Waals surface area contributed by atoms with E-state index >= 15 is 0 Å². The second kappa shape index (κ2) is 6.49. The number of alkyl halides is 3. The van der Waals surface area contributed by atoms with Crippen molar-refractivity contribution < 1.29 is 32.7 Å². The fourth-order valence-electron chi connectivity index (χ4n) is 3.09. The van der Waals surface area contributed by atoms with E-state index in [9.17, 15) is 32.7 Å². The van der Waals surface area contributed by atoms with Crippen molar-refractivity contribution in [2.24, 2.45) is 22.7 Å². The predicted molar refractivity (Wildman–Crippen MR) is 83.4 cm³/mol. The van der Waals surface area contributed by atoms with Gasteiger partial charge in [0.05, 0.1) is 0 Å². The number of nitrogens with one attached hydrogen (secondary N) is 2. The Hall–Kier alpha value is -1.80. The molecule has 0 aromatic heterocycles. The van der Waals surface area contributed by atoms with Crippen LogP contribution < -0.4 is 10.6 Å². The molecule has 1 fully saturated rings. The molecule has 9 heteroatoms. The van der Waals surface area contributed by atoms with Crippen molar-refractivity contribution in [2.45, 2.75) is 59.8 Å². The van der Waals surface area contributed by atoms with Gasteiger partial charge in [0.2, 0.25) is 5.91 Å². The van der Waals surface area contributed by atoms with Crippen LogP contribution in [0.1, 0.15) is 41.5 Å². The summed E-state index contributed by atoms with van der Waals surface area (Å²) in [5.74, 6) is -4.76. The molecule has 0 bridgehead atoms. The second-order valence-corrected chi connectivity index (χ2v) is 8.23. The van der Waals surface area contributed by atoms with Crippen LogP contribution in [0.2, 0.25) is 0 Å². The number of amides is 2. The normalized spacial score (nSPS) is 24.8. The number of carboxylic acid groups (broad SMARTS) is 1. The third-order valence-electron chi connectivity index (χ3n) is 5.05. The zero-order valence-corrected chi connectivity index (χ0v) is 15.1. The number of aliphatic carboxylic acids is 1. The van der Waals surface area contributed by atoms with Crippen LogP contribution in [0, 0.1) is 22.7 Å². The van der Waals surface area contributed by atoms with E-state index in [1.165, 1.54) is 20.8 Å². The van der Waals surface area contributed by atoms with Crippen LogP contribution in [-0.4, -0.2) is 41.2 Å². The average molecular weight is 366 g/mol. The zero-order chi connectivity index (χ0) is 20.0. The molecular formula is C16H25F3N2O4. The van der Waals surface area contributed by atoms with E-state index in [4.69, 9.17) is 0 Å². The molecule has 1 rings (SSSR count). The zero-order valence-electron chi connectivity index (χ0n) is 15.1. The quantitative estimate of drug-likeness (QED) is 0.693. The minimum absolute atomic E-state index is 0.0340. The monoisotopic (exact) mass is 366 g/mol. The van der Waals surface area contributed by atoms with Crippen molar-refractivity contribution in [1.82, 2.24) is 10.6 Å². The van der Waals surface area contributed by atoms with Crippen LogP contribution in [0.25, 0.3) is 0 Å². The van der Waals surface area contributed by atoms with Gasteiger partial charge in [0.25, 0.3) is 0 Å². The maximum atomic E-state index is 12.5. The molecule has 0 saturated heterocycles. The molecule has 3 N–H and O–H groups in total. The van der Waals surface area contributed by atoms with E-state index < -0.39 is 41.5 Å². The van der Waals surface area contributed by atoms with Crippen LogP contribution in [0.4, 0.5) is 13.2 Å². The highest BCUT2D eigenvalue weighted by Crippen LogP contribution is 2.59. The van der Waals surface area contributed by atoms with E-state index in [-0.39, 0.29) is 17.3 Å². The van der Waals surface area contributed by atoms with Crippen molar-refractivity contribution in [3.05, 3.63) is 0 Å². The molecule has 4 atom stereocenters. The lowest BCUT2D eigenvalue weighted by atomic mass is 9.85. The highest BCUT2D eigenvalue weighted by atomic mass is 19.4. The van der Waals surface area contributed by atoms with Crippen molar-refractivity contribution in [3.8, 4) is 0 Å². The third-order valence-corrected chi connectivity index (χ3v) is 5.05. The van der Waals surface area contributed by atoms with E-state index in [1.54, 1.807) is 5.32 Å². The number of hydrogen-bond acceptors (Lipinski definition) is 3. The van der Waals surface area contributed by atoms with Crippen LogP contribution in [-0.2, 0) is 14.4 Å². The van der Waals surface area contributed by atoms with Gasteiger partial charge in [-0.05, 0) is 22.7 Å². The largest absolute Gasteiger partial charge is 0.480 e. The van der Waals surface area contributed by atoms with Crippen molar-refractivity contribution >= 4 is 17.8 Å². The third kappa shape index (κ3) is 4.64. The van der Waals surface area contributed by atoms with Crippen LogP contribution in [0.15, 0.2) is 0 Å². The van der Waals surface area contributed by atoms with Gasteiger partial charge in [-0.15, -0.1) is 0 Å². The Morgan fingerprint density at radius 3 is 1.80 bits per heavy atom. The molecule has 25 heavy (non-hydrogen) atoms. The highest BCUT2D eigenvalue weighted by Gasteiger charge is 2.60. The second-order valence-electron chi connectivity index (χ2n) is 8.23. The Morgan fingerprint density at radius 1 is 1.08 bits per heavy atom. The number of carboxylic acids is 1. The summed E-state index contributed by atoms with van der Waals surface area (Å²) in [5.41, 5.74) is -1.35. The van der Waals surface area contributed by atoms with Crippen molar-refractivity contribution in [3.63, 3.8) is 0 Å². The topological polar surface area (TPSA) is 95.5 Å². The maximum Gasteiger partial charge on any atom is 0.471 e. The summed E-state index contributed by atoms with van der Waals surface area (Å²) in [6.07, 6.45) is -5.14. The first-order valence-corrected chi connectivity index (χ1v) is 7.92. The first kappa shape index (κ1) is 21.2. The summed E-state index contributed by atoms with van der Waals surface area (Å²) >= 11 is 0. The molecule has 0 unspecified atom stereocenters. The van der Waals surface area contributed by atoms with Gasteiger partial charge in [0, 0.05) is 0 Å². The Morgan fingerprint density at radius 2 is 1.52 bits per heavy atom. The van der Waals surface area contributed by atoms with E-state index in [1.807, 2.05) is 20.8 Å². The lowest BCUT2D eigenvalue weighted by Gasteiger charge is -2.31. The van der Waals surface area contributed by atoms with Gasteiger partial charge in [-0.2, -0.15) is 13.2 Å². The summed E-state index contributed by atoms with van der Waals surface area (Å²) < 4.78 is 37.5. The first-order valence-electron chi connectivity index (χ1n) is 7.92. The van der Waals surface area contributed by atoms with E-state index in [2.05, 4.69) is 5.32 Å². The van der Waals surface area contributed by atoms with E-state index in [0.29, 0.717) is 0 Å². The minimum Gasteiger partial charge on any atom is -0.480 e. The fourth-order valence-corrected chi connectivity index (χ4v) is 3.09. The van der Waals surface area contributed by atoms with Gasteiger partial charge in [-0.25, -0.2) is 4.79 Å². The fraction of sp³-hybridized carbons (Fsp3) is 0.812. The van der Waals surface area contributed by atoms with Crippen molar-refractivity contribution in [1.29, 1.82) is 0 Å². The Labute approximate surface area is 144 Å². The molecule has 0 aromatic rings. The molecule has 2 amide bonds.